The molecule has 4 atom stereocenters. The van der Waals surface area contributed by atoms with E-state index in [1.807, 2.05) is 0 Å². The number of hydrogen-bond donors (Lipinski definition) is 4. The molecule has 5 N–H and O–H groups in total. The van der Waals surface area contributed by atoms with Gasteiger partial charge in [0, 0.05) is 6.61 Å². The monoisotopic (exact) mass is 323 g/mol. The number of aliphatic hydroxyl groups excluding tert-OH is 2. The average Bonchev–Trinajstić information content (AvgIpc) is 3.03. The van der Waals surface area contributed by atoms with Gasteiger partial charge in [-0.05, 0) is 12.3 Å². The third-order valence-corrected chi connectivity index (χ3v) is 3.79. The fourth-order valence-corrected chi connectivity index (χ4v) is 2.68. The maximum Gasteiger partial charge on any atom is 0.280 e. The van der Waals surface area contributed by atoms with E-state index in [9.17, 15) is 14.3 Å². The number of aromatic nitrogens is 4. The minimum Gasteiger partial charge on any atom is -0.396 e. The van der Waals surface area contributed by atoms with Crippen LogP contribution in [0.3, 0.4) is 0 Å². The van der Waals surface area contributed by atoms with Crippen LogP contribution in [0.5, 0.6) is 0 Å². The van der Waals surface area contributed by atoms with E-state index in [-0.39, 0.29) is 30.1 Å². The number of imidazole rings is 1. The van der Waals surface area contributed by atoms with Gasteiger partial charge in [0.25, 0.3) is 5.56 Å². The molecule has 0 radical (unpaired) electrons. The third-order valence-electron chi connectivity index (χ3n) is 3.79. The molecule has 1 fully saturated rings. The molecule has 2 aromatic heterocycles. The number of nitrogens with one attached hydrogen (secondary N) is 1. The Hall–Kier alpha value is -2.48. The summed E-state index contributed by atoms with van der Waals surface area (Å²) in [5.41, 5.74) is 2.69. The Bertz CT molecular complexity index is 843. The van der Waals surface area contributed by atoms with Gasteiger partial charge in [-0.2, -0.15) is 4.98 Å². The zero-order valence-electron chi connectivity index (χ0n) is 11.8. The van der Waals surface area contributed by atoms with Crippen molar-refractivity contribution in [3.63, 3.8) is 0 Å². The molecule has 23 heavy (non-hydrogen) atoms. The maximum atomic E-state index is 14.7. The number of nitrogens with two attached hydrogens (primary N) is 1. The summed E-state index contributed by atoms with van der Waals surface area (Å²) in [5.74, 6) is 1.97. The fourth-order valence-electron chi connectivity index (χ4n) is 2.68. The van der Waals surface area contributed by atoms with E-state index < -0.39 is 29.7 Å². The molecule has 0 saturated carbocycles. The van der Waals surface area contributed by atoms with Gasteiger partial charge in [-0.25, -0.2) is 9.37 Å². The van der Waals surface area contributed by atoms with Crippen molar-refractivity contribution >= 4 is 17.1 Å². The van der Waals surface area contributed by atoms with Crippen molar-refractivity contribution in [3.8, 4) is 12.3 Å². The number of halogens is 1. The second-order valence-electron chi connectivity index (χ2n) is 5.14. The first-order valence-corrected chi connectivity index (χ1v) is 6.76. The highest BCUT2D eigenvalue weighted by Crippen LogP contribution is 2.39. The van der Waals surface area contributed by atoms with Gasteiger partial charge in [0.05, 0.1) is 6.10 Å². The molecule has 3 rings (SSSR count). The third kappa shape index (κ3) is 2.09. The van der Waals surface area contributed by atoms with Crippen LogP contribution in [0.25, 0.3) is 11.2 Å². The van der Waals surface area contributed by atoms with E-state index in [1.54, 1.807) is 0 Å². The lowest BCUT2D eigenvalue weighted by atomic mass is 10.0. The Morgan fingerprint density at radius 3 is 3.04 bits per heavy atom. The Morgan fingerprint density at radius 2 is 2.39 bits per heavy atom. The topological polar surface area (TPSA) is 139 Å². The predicted octanol–water partition coefficient (Wildman–Crippen LogP) is -1.53. The van der Waals surface area contributed by atoms with E-state index >= 15 is 0 Å². The number of hydrogen-bond acceptors (Lipinski definition) is 7. The molecule has 2 aromatic rings. The van der Waals surface area contributed by atoms with Crippen LogP contribution in [0.2, 0.25) is 0 Å². The number of nitrogen functional groups attached to an aromatic ring is 1. The molecule has 0 bridgehead atoms. The van der Waals surface area contributed by atoms with Crippen molar-refractivity contribution in [2.75, 3.05) is 12.3 Å². The number of ether oxygens (including phenoxy) is 1. The summed E-state index contributed by atoms with van der Waals surface area (Å²) < 4.78 is 21.3. The minimum atomic E-state index is -2.04. The predicted molar refractivity (Wildman–Crippen MR) is 76.8 cm³/mol. The summed E-state index contributed by atoms with van der Waals surface area (Å²) in [4.78, 5) is 21.8. The Kier molecular flexibility index (Phi) is 3.56. The summed E-state index contributed by atoms with van der Waals surface area (Å²) >= 11 is 0. The molecule has 1 aliphatic rings. The number of fused-ring (bicyclic) bond motifs is 1. The molecule has 0 amide bonds. The van der Waals surface area contributed by atoms with Gasteiger partial charge in [0.1, 0.15) is 12.4 Å². The Balaban J connectivity index is 2.19. The fraction of sp³-hybridized carbons (Fsp3) is 0.462. The van der Waals surface area contributed by atoms with Crippen molar-refractivity contribution in [2.24, 2.45) is 0 Å². The SMILES string of the molecule is C#C[C@@]1(n2cnc3c(=O)[nH]c(N)nc32)OC(CCO)[C@@H](O)[C@H]1F. The molecule has 0 aromatic carbocycles. The lowest BCUT2D eigenvalue weighted by molar-refractivity contribution is -0.0818. The molecular weight excluding hydrogens is 309 g/mol. The molecule has 0 spiro atoms. The van der Waals surface area contributed by atoms with Gasteiger partial charge < -0.3 is 20.7 Å². The lowest BCUT2D eigenvalue weighted by Crippen LogP contribution is -2.41. The number of aliphatic hydroxyl groups is 2. The van der Waals surface area contributed by atoms with Crippen molar-refractivity contribution in [2.45, 2.75) is 30.5 Å². The Morgan fingerprint density at radius 1 is 1.65 bits per heavy atom. The number of anilines is 1. The molecule has 1 unspecified atom stereocenters. The van der Waals surface area contributed by atoms with E-state index in [2.05, 4.69) is 20.9 Å². The molecule has 3 heterocycles. The molecule has 1 aliphatic heterocycles. The molecule has 122 valence electrons. The van der Waals surface area contributed by atoms with Gasteiger partial charge >= 0.3 is 0 Å². The van der Waals surface area contributed by atoms with Crippen LogP contribution in [0, 0.1) is 12.3 Å². The van der Waals surface area contributed by atoms with E-state index in [0.717, 1.165) is 10.9 Å². The van der Waals surface area contributed by atoms with Gasteiger partial charge in [0.15, 0.2) is 17.3 Å². The highest BCUT2D eigenvalue weighted by molar-refractivity contribution is 5.71. The highest BCUT2D eigenvalue weighted by Gasteiger charge is 2.56. The summed E-state index contributed by atoms with van der Waals surface area (Å²) in [6.07, 6.45) is 1.99. The van der Waals surface area contributed by atoms with Crippen molar-refractivity contribution in [1.29, 1.82) is 0 Å². The summed E-state index contributed by atoms with van der Waals surface area (Å²) in [6.45, 7) is -0.315. The summed E-state index contributed by atoms with van der Waals surface area (Å²) in [6, 6.07) is 0. The van der Waals surface area contributed by atoms with Crippen LogP contribution in [-0.2, 0) is 10.5 Å². The molecule has 0 aliphatic carbocycles. The number of alkyl halides is 1. The number of aromatic amines is 1. The molecule has 1 saturated heterocycles. The van der Waals surface area contributed by atoms with Gasteiger partial charge in [0.2, 0.25) is 11.7 Å². The zero-order chi connectivity index (χ0) is 16.8. The second kappa shape index (κ2) is 5.31. The number of terminal acetylenes is 1. The van der Waals surface area contributed by atoms with Gasteiger partial charge in [-0.15, -0.1) is 6.42 Å². The van der Waals surface area contributed by atoms with Crippen LogP contribution in [0.1, 0.15) is 6.42 Å². The normalized spacial score (nSPS) is 30.6. The van der Waals surface area contributed by atoms with Crippen molar-refractivity contribution in [1.82, 2.24) is 19.5 Å². The first-order chi connectivity index (χ1) is 10.9. The maximum absolute atomic E-state index is 14.7. The smallest absolute Gasteiger partial charge is 0.280 e. The minimum absolute atomic E-state index is 0.00615. The van der Waals surface area contributed by atoms with Crippen molar-refractivity contribution < 1.29 is 19.3 Å². The zero-order valence-corrected chi connectivity index (χ0v) is 11.8. The number of nitrogens with zero attached hydrogens (tertiary/aromatic N) is 3. The van der Waals surface area contributed by atoms with Crippen LogP contribution in [0.15, 0.2) is 11.1 Å². The number of H-pyrrole nitrogens is 1. The van der Waals surface area contributed by atoms with Crippen LogP contribution in [-0.4, -0.2) is 54.7 Å². The Labute approximate surface area is 128 Å². The van der Waals surface area contributed by atoms with E-state index in [1.165, 1.54) is 0 Å². The van der Waals surface area contributed by atoms with Crippen LogP contribution >= 0.6 is 0 Å². The first-order valence-electron chi connectivity index (χ1n) is 6.76. The van der Waals surface area contributed by atoms with E-state index in [0.29, 0.717) is 0 Å². The second-order valence-corrected chi connectivity index (χ2v) is 5.14. The highest BCUT2D eigenvalue weighted by atomic mass is 19.1. The molecule has 10 heteroatoms. The van der Waals surface area contributed by atoms with E-state index in [4.69, 9.17) is 22.0 Å². The van der Waals surface area contributed by atoms with Crippen LogP contribution in [0.4, 0.5) is 10.3 Å². The quantitative estimate of drug-likeness (QED) is 0.502. The van der Waals surface area contributed by atoms with Crippen LogP contribution < -0.4 is 11.3 Å². The molecule has 9 nitrogen and oxygen atoms in total. The summed E-state index contributed by atoms with van der Waals surface area (Å²) in [5, 5.41) is 19.0. The largest absolute Gasteiger partial charge is 0.396 e. The first kappa shape index (κ1) is 15.4. The molecular formula is C13H14FN5O4. The summed E-state index contributed by atoms with van der Waals surface area (Å²) in [7, 11) is 0. The average molecular weight is 323 g/mol. The van der Waals surface area contributed by atoms with Crippen molar-refractivity contribution in [3.05, 3.63) is 16.7 Å². The number of rotatable bonds is 3. The van der Waals surface area contributed by atoms with Gasteiger partial charge in [-0.1, -0.05) is 0 Å². The van der Waals surface area contributed by atoms with Gasteiger partial charge in [-0.3, -0.25) is 14.3 Å². The standard InChI is InChI=1S/C13H14FN5O4/c1-2-13(9(14)8(21)6(23-13)3-4-20)19-5-16-7-10(19)17-12(15)18-11(7)22/h1,5-6,8-9,20-21H,3-4H2,(H3,15,17,18,22)/t6?,8-,9-,13-/m1/s1. The lowest BCUT2D eigenvalue weighted by Gasteiger charge is -2.26.